The summed E-state index contributed by atoms with van der Waals surface area (Å²) in [5.74, 6) is 0.681. The molecule has 0 bridgehead atoms. The van der Waals surface area contributed by atoms with Gasteiger partial charge in [-0.25, -0.2) is 4.79 Å². The van der Waals surface area contributed by atoms with Crippen LogP contribution in [-0.2, 0) is 4.79 Å². The second-order valence-corrected chi connectivity index (χ2v) is 4.85. The van der Waals surface area contributed by atoms with Crippen molar-refractivity contribution in [2.75, 3.05) is 0 Å². The molecule has 0 heterocycles. The second kappa shape index (κ2) is 4.27. The summed E-state index contributed by atoms with van der Waals surface area (Å²) in [6, 6.07) is 0. The third kappa shape index (κ3) is 1.76. The van der Waals surface area contributed by atoms with Crippen LogP contribution in [0.5, 0.6) is 0 Å². The zero-order chi connectivity index (χ0) is 9.86. The Morgan fingerprint density at radius 3 is 2.21 bits per heavy atom. The summed E-state index contributed by atoms with van der Waals surface area (Å²) in [5, 5.41) is 0. The Morgan fingerprint density at radius 1 is 1.00 bits per heavy atom. The average molecular weight is 193 g/mol. The van der Waals surface area contributed by atoms with Crippen molar-refractivity contribution in [3.05, 3.63) is 0 Å². The number of hydrogen-bond donors (Lipinski definition) is 0. The van der Waals surface area contributed by atoms with E-state index >= 15 is 0 Å². The molecule has 2 nitrogen and oxygen atoms in total. The monoisotopic (exact) mass is 193 g/mol. The SMILES string of the molecule is O=C=NC1(C2CCCCC2)CCCC1. The van der Waals surface area contributed by atoms with E-state index in [9.17, 15) is 4.79 Å². The van der Waals surface area contributed by atoms with Gasteiger partial charge in [0.05, 0.1) is 5.54 Å². The number of nitrogens with zero attached hydrogens (tertiary/aromatic N) is 1. The lowest BCUT2D eigenvalue weighted by Crippen LogP contribution is -2.34. The van der Waals surface area contributed by atoms with Crippen LogP contribution < -0.4 is 0 Å². The van der Waals surface area contributed by atoms with Crippen LogP contribution in [-0.4, -0.2) is 11.6 Å². The highest BCUT2D eigenvalue weighted by Gasteiger charge is 2.41. The number of aliphatic imine (C=N–C) groups is 1. The molecule has 0 spiro atoms. The lowest BCUT2D eigenvalue weighted by molar-refractivity contribution is 0.211. The molecule has 14 heavy (non-hydrogen) atoms. The molecule has 2 aliphatic rings. The Kier molecular flexibility index (Phi) is 3.02. The van der Waals surface area contributed by atoms with E-state index in [1.165, 1.54) is 44.9 Å². The van der Waals surface area contributed by atoms with E-state index < -0.39 is 0 Å². The molecule has 0 radical (unpaired) electrons. The fraction of sp³-hybridized carbons (Fsp3) is 0.917. The van der Waals surface area contributed by atoms with E-state index in [-0.39, 0.29) is 5.54 Å². The van der Waals surface area contributed by atoms with E-state index in [2.05, 4.69) is 4.99 Å². The molecule has 2 rings (SSSR count). The third-order valence-electron chi connectivity index (χ3n) is 4.10. The lowest BCUT2D eigenvalue weighted by Gasteiger charge is -2.35. The first-order chi connectivity index (χ1) is 6.87. The molecule has 2 saturated carbocycles. The molecule has 2 aliphatic carbocycles. The first-order valence-electron chi connectivity index (χ1n) is 5.96. The normalized spacial score (nSPS) is 27.1. The van der Waals surface area contributed by atoms with Crippen molar-refractivity contribution in [3.8, 4) is 0 Å². The van der Waals surface area contributed by atoms with Gasteiger partial charge in [0.1, 0.15) is 0 Å². The molecule has 2 heteroatoms. The average Bonchev–Trinajstić information content (AvgIpc) is 2.70. The first kappa shape index (κ1) is 9.92. The largest absolute Gasteiger partial charge is 0.235 e. The number of hydrogen-bond acceptors (Lipinski definition) is 2. The van der Waals surface area contributed by atoms with E-state index in [0.717, 1.165) is 12.8 Å². The van der Waals surface area contributed by atoms with Crippen LogP contribution in [0.4, 0.5) is 0 Å². The van der Waals surface area contributed by atoms with Gasteiger partial charge in [-0.2, -0.15) is 4.99 Å². The maximum Gasteiger partial charge on any atom is 0.235 e. The summed E-state index contributed by atoms with van der Waals surface area (Å²) in [6.07, 6.45) is 13.2. The van der Waals surface area contributed by atoms with Crippen molar-refractivity contribution < 1.29 is 4.79 Å². The molecule has 0 amide bonds. The molecular weight excluding hydrogens is 174 g/mol. The Bertz CT molecular complexity index is 231. The molecule has 0 atom stereocenters. The van der Waals surface area contributed by atoms with Gasteiger partial charge in [-0.05, 0) is 31.6 Å². The van der Waals surface area contributed by atoms with Crippen molar-refractivity contribution >= 4 is 6.08 Å². The summed E-state index contributed by atoms with van der Waals surface area (Å²) < 4.78 is 0. The molecule has 2 fully saturated rings. The van der Waals surface area contributed by atoms with Gasteiger partial charge in [0, 0.05) is 0 Å². The van der Waals surface area contributed by atoms with Crippen LogP contribution in [0.1, 0.15) is 57.8 Å². The highest BCUT2D eigenvalue weighted by Crippen LogP contribution is 2.45. The fourth-order valence-electron chi connectivity index (χ4n) is 3.33. The maximum absolute atomic E-state index is 10.5. The highest BCUT2D eigenvalue weighted by molar-refractivity contribution is 5.35. The van der Waals surface area contributed by atoms with Gasteiger partial charge < -0.3 is 0 Å². The second-order valence-electron chi connectivity index (χ2n) is 4.85. The van der Waals surface area contributed by atoms with Crippen LogP contribution in [0, 0.1) is 5.92 Å². The van der Waals surface area contributed by atoms with Gasteiger partial charge in [0.15, 0.2) is 0 Å². The smallest absolute Gasteiger partial charge is 0.211 e. The quantitative estimate of drug-likeness (QED) is 0.489. The Morgan fingerprint density at radius 2 is 1.64 bits per heavy atom. The topological polar surface area (TPSA) is 29.4 Å². The molecular formula is C12H19NO. The summed E-state index contributed by atoms with van der Waals surface area (Å²) in [7, 11) is 0. The first-order valence-corrected chi connectivity index (χ1v) is 5.96. The third-order valence-corrected chi connectivity index (χ3v) is 4.10. The molecule has 78 valence electrons. The zero-order valence-corrected chi connectivity index (χ0v) is 8.80. The highest BCUT2D eigenvalue weighted by atomic mass is 16.1. The summed E-state index contributed by atoms with van der Waals surface area (Å²) in [4.78, 5) is 14.7. The lowest BCUT2D eigenvalue weighted by atomic mass is 9.74. The van der Waals surface area contributed by atoms with Crippen LogP contribution in [0.15, 0.2) is 4.99 Å². The zero-order valence-electron chi connectivity index (χ0n) is 8.80. The Hall–Kier alpha value is -0.620. The van der Waals surface area contributed by atoms with Gasteiger partial charge in [-0.15, -0.1) is 0 Å². The Balaban J connectivity index is 2.12. The minimum Gasteiger partial charge on any atom is -0.211 e. The van der Waals surface area contributed by atoms with Crippen LogP contribution in [0.25, 0.3) is 0 Å². The summed E-state index contributed by atoms with van der Waals surface area (Å²) in [6.45, 7) is 0. The van der Waals surface area contributed by atoms with E-state index in [1.807, 2.05) is 6.08 Å². The molecule has 0 saturated heterocycles. The summed E-state index contributed by atoms with van der Waals surface area (Å²) in [5.41, 5.74) is 0.0160. The predicted molar refractivity (Wildman–Crippen MR) is 55.9 cm³/mol. The fourth-order valence-corrected chi connectivity index (χ4v) is 3.33. The van der Waals surface area contributed by atoms with E-state index in [1.54, 1.807) is 0 Å². The minimum absolute atomic E-state index is 0.0160. The van der Waals surface area contributed by atoms with Crippen molar-refractivity contribution in [1.82, 2.24) is 0 Å². The molecule has 0 unspecified atom stereocenters. The van der Waals surface area contributed by atoms with Crippen LogP contribution in [0.2, 0.25) is 0 Å². The molecule has 0 aromatic rings. The van der Waals surface area contributed by atoms with Gasteiger partial charge >= 0.3 is 0 Å². The van der Waals surface area contributed by atoms with E-state index in [4.69, 9.17) is 0 Å². The predicted octanol–water partition coefficient (Wildman–Crippen LogP) is 3.22. The van der Waals surface area contributed by atoms with E-state index in [0.29, 0.717) is 5.92 Å². The Labute approximate surface area is 85.8 Å². The van der Waals surface area contributed by atoms with Crippen molar-refractivity contribution in [2.24, 2.45) is 10.9 Å². The van der Waals surface area contributed by atoms with Gasteiger partial charge in [0.2, 0.25) is 6.08 Å². The maximum atomic E-state index is 10.5. The number of isocyanates is 1. The van der Waals surface area contributed by atoms with Crippen molar-refractivity contribution in [1.29, 1.82) is 0 Å². The van der Waals surface area contributed by atoms with Crippen LogP contribution >= 0.6 is 0 Å². The van der Waals surface area contributed by atoms with Gasteiger partial charge in [0.25, 0.3) is 0 Å². The minimum atomic E-state index is 0.0160. The standard InChI is InChI=1S/C12H19NO/c14-10-13-12(8-4-5-9-12)11-6-2-1-3-7-11/h11H,1-9H2. The molecule has 0 aromatic carbocycles. The van der Waals surface area contributed by atoms with Crippen LogP contribution in [0.3, 0.4) is 0 Å². The summed E-state index contributed by atoms with van der Waals surface area (Å²) >= 11 is 0. The van der Waals surface area contributed by atoms with Gasteiger partial charge in [-0.1, -0.05) is 32.1 Å². The van der Waals surface area contributed by atoms with Gasteiger partial charge in [-0.3, -0.25) is 0 Å². The number of carbonyl (C=O) groups excluding carboxylic acids is 1. The molecule has 0 aliphatic heterocycles. The molecule has 0 N–H and O–H groups in total. The molecule has 0 aromatic heterocycles. The van der Waals surface area contributed by atoms with Crippen molar-refractivity contribution in [3.63, 3.8) is 0 Å². The number of rotatable bonds is 2. The van der Waals surface area contributed by atoms with Crippen molar-refractivity contribution in [2.45, 2.75) is 63.3 Å².